The lowest BCUT2D eigenvalue weighted by Crippen LogP contribution is -2.30. The number of hydrogen-bond donors (Lipinski definition) is 4. The third-order valence-corrected chi connectivity index (χ3v) is 1.66. The number of nitrogens with zero attached hydrogens (tertiary/aromatic N) is 3. The number of aliphatic imine (C=N–C) groups is 1. The Morgan fingerprint density at radius 3 is 2.59 bits per heavy atom. The molecular weight excluding hydrogens is 224 g/mol. The van der Waals surface area contributed by atoms with Crippen molar-refractivity contribution in [2.45, 2.75) is 18.9 Å². The van der Waals surface area contributed by atoms with Crippen molar-refractivity contribution in [3.05, 3.63) is 18.7 Å². The average Bonchev–Trinajstić information content (AvgIpc) is 2.82. The van der Waals surface area contributed by atoms with Gasteiger partial charge in [0.25, 0.3) is 0 Å². The number of carboxylic acid groups (broad SMARTS) is 1. The second kappa shape index (κ2) is 9.16. The van der Waals surface area contributed by atoms with Gasteiger partial charge in [-0.25, -0.2) is 0 Å². The van der Waals surface area contributed by atoms with Gasteiger partial charge in [-0.15, -0.1) is 0 Å². The zero-order valence-electron chi connectivity index (χ0n) is 9.36. The fourth-order valence-corrected chi connectivity index (χ4v) is 0.835. The topological polar surface area (TPSA) is 155 Å². The Balaban J connectivity index is 0.000000419. The van der Waals surface area contributed by atoms with Crippen LogP contribution in [0.3, 0.4) is 0 Å². The number of nitrogens with two attached hydrogens (primary N) is 3. The van der Waals surface area contributed by atoms with E-state index in [0.717, 1.165) is 0 Å². The van der Waals surface area contributed by atoms with Crippen LogP contribution in [0.5, 0.6) is 0 Å². The molecule has 0 fully saturated rings. The quantitative estimate of drug-likeness (QED) is 0.277. The third kappa shape index (κ3) is 10.2. The van der Waals surface area contributed by atoms with Crippen LogP contribution in [0.4, 0.5) is 0 Å². The van der Waals surface area contributed by atoms with Crippen molar-refractivity contribution in [1.82, 2.24) is 9.97 Å². The van der Waals surface area contributed by atoms with Crippen LogP contribution in [0.15, 0.2) is 23.7 Å². The Bertz CT molecular complexity index is 303. The van der Waals surface area contributed by atoms with Crippen LogP contribution in [-0.4, -0.2) is 34.6 Å². The van der Waals surface area contributed by atoms with Crippen molar-refractivity contribution >= 4 is 11.9 Å². The molecule has 0 saturated carbocycles. The molecule has 0 aliphatic heterocycles. The summed E-state index contributed by atoms with van der Waals surface area (Å²) >= 11 is 0. The number of carbonyl (C=O) groups is 1. The minimum absolute atomic E-state index is 0.0129. The van der Waals surface area contributed by atoms with E-state index in [2.05, 4.69) is 15.0 Å². The first-order valence-electron chi connectivity index (χ1n) is 4.94. The number of aromatic nitrogens is 2. The molecular formula is C9H17N6O2-. The molecule has 1 heterocycles. The normalized spacial score (nSPS) is 10.9. The summed E-state index contributed by atoms with van der Waals surface area (Å²) in [7, 11) is 0. The predicted octanol–water partition coefficient (Wildman–Crippen LogP) is -1.51. The standard InChI is InChI=1S/C6H14N4O2.C3H3N2/c7-4(5(11)12)2-1-3-10-6(8)9;1-2-5-3-4-1/h4H,1-3,7H2,(H,11,12)(H4,8,9,10);1-3H/q;-1. The smallest absolute Gasteiger partial charge is 0.320 e. The molecule has 1 unspecified atom stereocenters. The minimum Gasteiger partial charge on any atom is -0.480 e. The molecule has 0 bridgehead atoms. The van der Waals surface area contributed by atoms with Crippen LogP contribution in [0.25, 0.3) is 0 Å². The monoisotopic (exact) mass is 241 g/mol. The molecule has 0 spiro atoms. The molecule has 8 nitrogen and oxygen atoms in total. The van der Waals surface area contributed by atoms with E-state index in [4.69, 9.17) is 22.3 Å². The molecule has 1 rings (SSSR count). The van der Waals surface area contributed by atoms with E-state index >= 15 is 0 Å². The zero-order valence-corrected chi connectivity index (χ0v) is 9.36. The number of guanidine groups is 1. The maximum atomic E-state index is 10.2. The van der Waals surface area contributed by atoms with Gasteiger partial charge in [0.2, 0.25) is 0 Å². The van der Waals surface area contributed by atoms with E-state index in [-0.39, 0.29) is 5.96 Å². The summed E-state index contributed by atoms with van der Waals surface area (Å²) in [6, 6.07) is -0.820. The van der Waals surface area contributed by atoms with Crippen molar-refractivity contribution in [2.75, 3.05) is 6.54 Å². The van der Waals surface area contributed by atoms with Gasteiger partial charge in [0.15, 0.2) is 5.96 Å². The molecule has 7 N–H and O–H groups in total. The molecule has 0 aliphatic carbocycles. The summed E-state index contributed by atoms with van der Waals surface area (Å²) in [5.41, 5.74) is 15.3. The number of rotatable bonds is 5. The fourth-order valence-electron chi connectivity index (χ4n) is 0.835. The number of hydrogen-bond acceptors (Lipinski definition) is 4. The maximum absolute atomic E-state index is 10.2. The first-order chi connectivity index (χ1) is 8.04. The molecule has 1 aromatic heterocycles. The first-order valence-corrected chi connectivity index (χ1v) is 4.94. The van der Waals surface area contributed by atoms with Crippen LogP contribution in [0.1, 0.15) is 12.8 Å². The molecule has 17 heavy (non-hydrogen) atoms. The van der Waals surface area contributed by atoms with Crippen LogP contribution in [0.2, 0.25) is 0 Å². The molecule has 96 valence electrons. The van der Waals surface area contributed by atoms with Gasteiger partial charge in [-0.1, -0.05) is 18.7 Å². The Morgan fingerprint density at radius 1 is 1.53 bits per heavy atom. The Labute approximate surface area is 98.9 Å². The van der Waals surface area contributed by atoms with Gasteiger partial charge in [-0.05, 0) is 12.8 Å². The van der Waals surface area contributed by atoms with Gasteiger partial charge in [0, 0.05) is 6.54 Å². The van der Waals surface area contributed by atoms with Crippen LogP contribution in [-0.2, 0) is 4.79 Å². The lowest BCUT2D eigenvalue weighted by molar-refractivity contribution is -0.138. The summed E-state index contributed by atoms with van der Waals surface area (Å²) in [4.78, 5) is 21.1. The largest absolute Gasteiger partial charge is 0.480 e. The van der Waals surface area contributed by atoms with Crippen molar-refractivity contribution in [3.63, 3.8) is 0 Å². The van der Waals surface area contributed by atoms with Gasteiger partial charge in [-0.2, -0.15) is 0 Å². The number of imidazole rings is 1. The lowest BCUT2D eigenvalue weighted by atomic mass is 10.2. The highest BCUT2D eigenvalue weighted by molar-refractivity contribution is 5.75. The highest BCUT2D eigenvalue weighted by atomic mass is 16.4. The Hall–Kier alpha value is -2.09. The van der Waals surface area contributed by atoms with Crippen LogP contribution >= 0.6 is 0 Å². The third-order valence-electron chi connectivity index (χ3n) is 1.66. The van der Waals surface area contributed by atoms with E-state index in [0.29, 0.717) is 19.4 Å². The molecule has 1 atom stereocenters. The van der Waals surface area contributed by atoms with Crippen molar-refractivity contribution in [1.29, 1.82) is 0 Å². The molecule has 8 heteroatoms. The van der Waals surface area contributed by atoms with Crippen molar-refractivity contribution < 1.29 is 9.90 Å². The summed E-state index contributed by atoms with van der Waals surface area (Å²) in [5.74, 6) is -0.987. The fraction of sp³-hybridized carbons (Fsp3) is 0.444. The average molecular weight is 241 g/mol. The summed E-state index contributed by atoms with van der Waals surface area (Å²) in [6.07, 6.45) is 5.73. The number of carboxylic acids is 1. The number of aliphatic carboxylic acids is 1. The SMILES string of the molecule is NC(N)=NCCCC(N)C(=O)O.c1c[n-]cn1. The molecule has 0 radical (unpaired) electrons. The van der Waals surface area contributed by atoms with E-state index in [1.807, 2.05) is 0 Å². The lowest BCUT2D eigenvalue weighted by Gasteiger charge is -2.03. The summed E-state index contributed by atoms with van der Waals surface area (Å²) in [5, 5.41) is 8.38. The maximum Gasteiger partial charge on any atom is 0.320 e. The van der Waals surface area contributed by atoms with E-state index in [1.54, 1.807) is 12.4 Å². The molecule has 0 aromatic carbocycles. The molecule has 0 amide bonds. The van der Waals surface area contributed by atoms with Gasteiger partial charge in [0.05, 0.1) is 0 Å². The molecule has 1 aromatic rings. The minimum atomic E-state index is -1.00. The van der Waals surface area contributed by atoms with E-state index in [1.165, 1.54) is 6.33 Å². The molecule has 0 aliphatic rings. The van der Waals surface area contributed by atoms with Gasteiger partial charge < -0.3 is 32.3 Å². The van der Waals surface area contributed by atoms with Gasteiger partial charge in [-0.3, -0.25) is 9.79 Å². The van der Waals surface area contributed by atoms with Gasteiger partial charge >= 0.3 is 5.97 Å². The van der Waals surface area contributed by atoms with Gasteiger partial charge in [0.1, 0.15) is 6.04 Å². The highest BCUT2D eigenvalue weighted by Crippen LogP contribution is 1.94. The van der Waals surface area contributed by atoms with Crippen molar-refractivity contribution in [2.24, 2.45) is 22.2 Å². The Kier molecular flexibility index (Phi) is 8.03. The Morgan fingerprint density at radius 2 is 2.24 bits per heavy atom. The predicted molar refractivity (Wildman–Crippen MR) is 63.1 cm³/mol. The molecule has 0 saturated heterocycles. The summed E-state index contributed by atoms with van der Waals surface area (Å²) < 4.78 is 0. The second-order valence-corrected chi connectivity index (χ2v) is 3.11. The van der Waals surface area contributed by atoms with E-state index in [9.17, 15) is 4.79 Å². The zero-order chi connectivity index (χ0) is 13.1. The highest BCUT2D eigenvalue weighted by Gasteiger charge is 2.09. The van der Waals surface area contributed by atoms with Crippen LogP contribution < -0.4 is 22.2 Å². The van der Waals surface area contributed by atoms with Crippen LogP contribution in [0, 0.1) is 0 Å². The first kappa shape index (κ1) is 14.9. The van der Waals surface area contributed by atoms with Crippen molar-refractivity contribution in [3.8, 4) is 0 Å². The second-order valence-electron chi connectivity index (χ2n) is 3.11. The summed E-state index contributed by atoms with van der Waals surface area (Å²) in [6.45, 7) is 0.420. The van der Waals surface area contributed by atoms with E-state index < -0.39 is 12.0 Å².